The number of nitrogens with zero attached hydrogens (tertiary/aromatic N) is 4. The number of carbonyl (C=O) groups excluding carboxylic acids is 1. The fraction of sp³-hybridized carbons (Fsp3) is 0.348. The van der Waals surface area contributed by atoms with Crippen LogP contribution in [0.4, 0.5) is 0 Å². The molecule has 1 amide bonds. The van der Waals surface area contributed by atoms with Gasteiger partial charge in [0.05, 0.1) is 11.8 Å². The van der Waals surface area contributed by atoms with Crippen LogP contribution in [0.25, 0.3) is 0 Å². The molecule has 0 saturated carbocycles. The number of nitrogens with one attached hydrogen (secondary N) is 1. The average molecular weight is 438 g/mol. The van der Waals surface area contributed by atoms with E-state index in [1.54, 1.807) is 4.57 Å². The molecule has 4 rings (SSSR count). The van der Waals surface area contributed by atoms with Gasteiger partial charge >= 0.3 is 5.69 Å². The molecule has 3 aromatic rings. The molecule has 162 valence electrons. The second kappa shape index (κ2) is 9.98. The van der Waals surface area contributed by atoms with E-state index in [0.717, 1.165) is 13.1 Å². The van der Waals surface area contributed by atoms with Gasteiger partial charge in [-0.15, -0.1) is 5.10 Å². The van der Waals surface area contributed by atoms with Crippen molar-refractivity contribution in [3.8, 4) is 0 Å². The Hall–Kier alpha value is -2.84. The van der Waals surface area contributed by atoms with E-state index in [0.29, 0.717) is 24.8 Å². The number of H-pyrrole nitrogens is 1. The van der Waals surface area contributed by atoms with Crippen LogP contribution in [0.1, 0.15) is 24.1 Å². The molecule has 1 fully saturated rings. The Morgan fingerprint density at radius 2 is 1.58 bits per heavy atom. The Bertz CT molecular complexity index is 1000. The van der Waals surface area contributed by atoms with Gasteiger partial charge < -0.3 is 4.90 Å². The number of hydrogen-bond acceptors (Lipinski definition) is 5. The lowest BCUT2D eigenvalue weighted by atomic mass is 9.96. The lowest BCUT2D eigenvalue weighted by molar-refractivity contribution is -0.130. The first-order valence-corrected chi connectivity index (χ1v) is 11.6. The SMILES string of the molecule is CCn1c(SCC(=O)N2CCN(C(c3ccccc3)c3ccccc3)CC2)n[nH]c1=O. The Balaban J connectivity index is 1.39. The Morgan fingerprint density at radius 1 is 1.00 bits per heavy atom. The van der Waals surface area contributed by atoms with Crippen molar-refractivity contribution in [2.75, 3.05) is 31.9 Å². The smallest absolute Gasteiger partial charge is 0.339 e. The topological polar surface area (TPSA) is 74.2 Å². The summed E-state index contributed by atoms with van der Waals surface area (Å²) in [5.74, 6) is 0.365. The summed E-state index contributed by atoms with van der Waals surface area (Å²) < 4.78 is 1.54. The average Bonchev–Trinajstić information content (AvgIpc) is 3.19. The van der Waals surface area contributed by atoms with E-state index in [-0.39, 0.29) is 23.4 Å². The summed E-state index contributed by atoms with van der Waals surface area (Å²) in [5.41, 5.74) is 2.29. The van der Waals surface area contributed by atoms with Crippen LogP contribution in [0.2, 0.25) is 0 Å². The molecule has 1 N–H and O–H groups in total. The molecule has 2 aromatic carbocycles. The van der Waals surface area contributed by atoms with Crippen molar-refractivity contribution in [1.29, 1.82) is 0 Å². The standard InChI is InChI=1S/C23H27N5O2S/c1-2-28-22(30)24-25-23(28)31-17-20(29)26-13-15-27(16-14-26)21(18-9-5-3-6-10-18)19-11-7-4-8-12-19/h3-12,21H,2,13-17H2,1H3,(H,24,30). The van der Waals surface area contributed by atoms with Crippen LogP contribution in [0.5, 0.6) is 0 Å². The monoisotopic (exact) mass is 437 g/mol. The normalized spacial score (nSPS) is 14.8. The maximum absolute atomic E-state index is 12.8. The molecule has 1 aliphatic rings. The van der Waals surface area contributed by atoms with E-state index in [4.69, 9.17) is 0 Å². The van der Waals surface area contributed by atoms with Crippen LogP contribution in [0, 0.1) is 0 Å². The van der Waals surface area contributed by atoms with Crippen molar-refractivity contribution in [2.24, 2.45) is 0 Å². The van der Waals surface area contributed by atoms with Gasteiger partial charge in [-0.3, -0.25) is 14.3 Å². The van der Waals surface area contributed by atoms with E-state index in [9.17, 15) is 9.59 Å². The van der Waals surface area contributed by atoms with E-state index in [1.807, 2.05) is 24.0 Å². The first kappa shape index (κ1) is 21.4. The summed E-state index contributed by atoms with van der Waals surface area (Å²) in [6.45, 7) is 5.43. The third-order valence-corrected chi connectivity index (χ3v) is 6.59. The number of hydrogen-bond donors (Lipinski definition) is 1. The van der Waals surface area contributed by atoms with Gasteiger partial charge in [-0.25, -0.2) is 9.89 Å². The van der Waals surface area contributed by atoms with Crippen LogP contribution >= 0.6 is 11.8 Å². The maximum Gasteiger partial charge on any atom is 0.343 e. The number of aromatic amines is 1. The lowest BCUT2D eigenvalue weighted by Gasteiger charge is -2.39. The summed E-state index contributed by atoms with van der Waals surface area (Å²) in [6.07, 6.45) is 0. The van der Waals surface area contributed by atoms with Crippen LogP contribution in [-0.2, 0) is 11.3 Å². The molecular weight excluding hydrogens is 410 g/mol. The number of piperazine rings is 1. The van der Waals surface area contributed by atoms with Gasteiger partial charge in [0, 0.05) is 32.7 Å². The first-order valence-electron chi connectivity index (χ1n) is 10.6. The minimum absolute atomic E-state index is 0.0822. The van der Waals surface area contributed by atoms with Crippen molar-refractivity contribution in [3.05, 3.63) is 82.3 Å². The molecule has 0 bridgehead atoms. The largest absolute Gasteiger partial charge is 0.343 e. The fourth-order valence-corrected chi connectivity index (χ4v) is 4.94. The minimum Gasteiger partial charge on any atom is -0.339 e. The number of benzene rings is 2. The molecule has 2 heterocycles. The Kier molecular flexibility index (Phi) is 6.89. The molecule has 31 heavy (non-hydrogen) atoms. The molecule has 0 radical (unpaired) electrons. The third-order valence-electron chi connectivity index (χ3n) is 5.63. The molecule has 1 aliphatic heterocycles. The summed E-state index contributed by atoms with van der Waals surface area (Å²) in [5, 5.41) is 7.02. The molecule has 1 saturated heterocycles. The van der Waals surface area contributed by atoms with Crippen molar-refractivity contribution in [1.82, 2.24) is 24.6 Å². The summed E-state index contributed by atoms with van der Waals surface area (Å²) in [7, 11) is 0. The second-order valence-electron chi connectivity index (χ2n) is 7.48. The molecule has 0 aliphatic carbocycles. The number of thioether (sulfide) groups is 1. The Morgan fingerprint density at radius 3 is 2.13 bits per heavy atom. The van der Waals surface area contributed by atoms with Crippen molar-refractivity contribution >= 4 is 17.7 Å². The Labute approximate surface area is 186 Å². The summed E-state index contributed by atoms with van der Waals surface area (Å²) in [4.78, 5) is 28.8. The highest BCUT2D eigenvalue weighted by Gasteiger charge is 2.28. The van der Waals surface area contributed by atoms with Gasteiger partial charge in [0.2, 0.25) is 5.91 Å². The van der Waals surface area contributed by atoms with Crippen LogP contribution < -0.4 is 5.69 Å². The number of amides is 1. The molecule has 1 aromatic heterocycles. The number of aromatic nitrogens is 3. The van der Waals surface area contributed by atoms with Gasteiger partial charge in [-0.1, -0.05) is 72.4 Å². The highest BCUT2D eigenvalue weighted by atomic mass is 32.2. The van der Waals surface area contributed by atoms with Crippen molar-refractivity contribution < 1.29 is 4.79 Å². The maximum atomic E-state index is 12.8. The predicted molar refractivity (Wildman–Crippen MR) is 122 cm³/mol. The van der Waals surface area contributed by atoms with Gasteiger partial charge in [0.1, 0.15) is 0 Å². The van der Waals surface area contributed by atoms with Gasteiger partial charge in [-0.05, 0) is 18.1 Å². The molecule has 7 nitrogen and oxygen atoms in total. The lowest BCUT2D eigenvalue weighted by Crippen LogP contribution is -2.50. The number of carbonyl (C=O) groups is 1. The molecule has 0 spiro atoms. The van der Waals surface area contributed by atoms with Crippen LogP contribution in [0.3, 0.4) is 0 Å². The second-order valence-corrected chi connectivity index (χ2v) is 8.43. The highest BCUT2D eigenvalue weighted by molar-refractivity contribution is 7.99. The first-order chi connectivity index (χ1) is 15.2. The van der Waals surface area contributed by atoms with Crippen molar-refractivity contribution in [3.63, 3.8) is 0 Å². The third kappa shape index (κ3) is 4.91. The minimum atomic E-state index is -0.237. The summed E-state index contributed by atoms with van der Waals surface area (Å²) >= 11 is 1.31. The zero-order valence-corrected chi connectivity index (χ0v) is 18.4. The molecule has 8 heteroatoms. The molecule has 0 unspecified atom stereocenters. The van der Waals surface area contributed by atoms with Gasteiger partial charge in [0.15, 0.2) is 5.16 Å². The highest BCUT2D eigenvalue weighted by Crippen LogP contribution is 2.29. The summed E-state index contributed by atoms with van der Waals surface area (Å²) in [6, 6.07) is 21.2. The van der Waals surface area contributed by atoms with Gasteiger partial charge in [0.25, 0.3) is 0 Å². The van der Waals surface area contributed by atoms with E-state index < -0.39 is 0 Å². The quantitative estimate of drug-likeness (QED) is 0.575. The zero-order chi connectivity index (χ0) is 21.6. The van der Waals surface area contributed by atoms with E-state index >= 15 is 0 Å². The van der Waals surface area contributed by atoms with Crippen LogP contribution in [-0.4, -0.2) is 62.4 Å². The fourth-order valence-electron chi connectivity index (χ4n) is 4.02. The van der Waals surface area contributed by atoms with Crippen LogP contribution in [0.15, 0.2) is 70.6 Å². The molecular formula is C23H27N5O2S. The predicted octanol–water partition coefficient (Wildman–Crippen LogP) is 2.62. The zero-order valence-electron chi connectivity index (χ0n) is 17.6. The van der Waals surface area contributed by atoms with Crippen molar-refractivity contribution in [2.45, 2.75) is 24.7 Å². The van der Waals surface area contributed by atoms with E-state index in [2.05, 4.69) is 63.6 Å². The van der Waals surface area contributed by atoms with Gasteiger partial charge in [-0.2, -0.15) is 0 Å². The number of rotatable bonds is 7. The van der Waals surface area contributed by atoms with E-state index in [1.165, 1.54) is 22.9 Å². The molecule has 0 atom stereocenters.